The third kappa shape index (κ3) is 1.49. The van der Waals surface area contributed by atoms with Gasteiger partial charge in [-0.15, -0.1) is 0 Å². The molecular formula is C7H11N2+. The lowest BCUT2D eigenvalue weighted by Crippen LogP contribution is -2.27. The Bertz CT molecular complexity index is 196. The maximum absolute atomic E-state index is 4.14. The molecule has 1 aromatic rings. The Morgan fingerprint density at radius 1 is 1.67 bits per heavy atom. The molecule has 9 heavy (non-hydrogen) atoms. The quantitative estimate of drug-likeness (QED) is 0.496. The SMILES string of the molecule is CCc1c[n+](C)ccn1. The Labute approximate surface area is 55.2 Å². The molecule has 0 atom stereocenters. The molecule has 0 saturated carbocycles. The summed E-state index contributed by atoms with van der Waals surface area (Å²) < 4.78 is 2.01. The lowest BCUT2D eigenvalue weighted by molar-refractivity contribution is -0.672. The molecular weight excluding hydrogens is 112 g/mol. The van der Waals surface area contributed by atoms with Gasteiger partial charge in [-0.05, 0) is 6.42 Å². The minimum absolute atomic E-state index is 1.01. The summed E-state index contributed by atoms with van der Waals surface area (Å²) in [7, 11) is 2.00. The first-order valence-electron chi connectivity index (χ1n) is 3.13. The van der Waals surface area contributed by atoms with E-state index in [-0.39, 0.29) is 0 Å². The molecule has 1 rings (SSSR count). The summed E-state index contributed by atoms with van der Waals surface area (Å²) in [6.45, 7) is 2.10. The van der Waals surface area contributed by atoms with Crippen molar-refractivity contribution in [1.29, 1.82) is 0 Å². The Balaban J connectivity index is 2.94. The standard InChI is InChI=1S/C7H11N2/c1-3-7-6-9(2)5-4-8-7/h4-6H,3H2,1-2H3/q+1. The van der Waals surface area contributed by atoms with Crippen LogP contribution in [0.4, 0.5) is 0 Å². The van der Waals surface area contributed by atoms with Crippen molar-refractivity contribution in [2.24, 2.45) is 7.05 Å². The molecule has 1 aromatic heterocycles. The van der Waals surface area contributed by atoms with E-state index in [9.17, 15) is 0 Å². The lowest BCUT2D eigenvalue weighted by atomic mass is 10.4. The Hall–Kier alpha value is -0.920. The van der Waals surface area contributed by atoms with Gasteiger partial charge < -0.3 is 0 Å². The average molecular weight is 123 g/mol. The van der Waals surface area contributed by atoms with Gasteiger partial charge in [0.1, 0.15) is 12.7 Å². The summed E-state index contributed by atoms with van der Waals surface area (Å²) in [5, 5.41) is 0. The first-order chi connectivity index (χ1) is 4.33. The fourth-order valence-electron chi connectivity index (χ4n) is 0.728. The molecule has 0 spiro atoms. The summed E-state index contributed by atoms with van der Waals surface area (Å²) >= 11 is 0. The van der Waals surface area contributed by atoms with E-state index >= 15 is 0 Å². The molecule has 0 N–H and O–H groups in total. The lowest BCUT2D eigenvalue weighted by Gasteiger charge is -1.89. The minimum atomic E-state index is 1.01. The van der Waals surface area contributed by atoms with E-state index in [0.29, 0.717) is 0 Å². The van der Waals surface area contributed by atoms with Crippen LogP contribution < -0.4 is 4.57 Å². The fourth-order valence-corrected chi connectivity index (χ4v) is 0.728. The number of rotatable bonds is 1. The molecule has 1 heterocycles. The molecule has 0 radical (unpaired) electrons. The highest BCUT2D eigenvalue weighted by molar-refractivity contribution is 4.88. The third-order valence-electron chi connectivity index (χ3n) is 1.26. The molecule has 0 fully saturated rings. The van der Waals surface area contributed by atoms with Gasteiger partial charge in [-0.2, -0.15) is 0 Å². The Morgan fingerprint density at radius 2 is 2.44 bits per heavy atom. The number of hydrogen-bond acceptors (Lipinski definition) is 1. The van der Waals surface area contributed by atoms with Crippen LogP contribution in [0, 0.1) is 0 Å². The van der Waals surface area contributed by atoms with Gasteiger partial charge in [0.2, 0.25) is 0 Å². The number of aromatic nitrogens is 2. The topological polar surface area (TPSA) is 16.8 Å². The zero-order chi connectivity index (χ0) is 6.69. The van der Waals surface area contributed by atoms with E-state index in [4.69, 9.17) is 0 Å². The molecule has 0 aliphatic heterocycles. The number of aryl methyl sites for hydroxylation is 2. The van der Waals surface area contributed by atoms with Crippen molar-refractivity contribution >= 4 is 0 Å². The summed E-state index contributed by atoms with van der Waals surface area (Å²) in [5.74, 6) is 0. The van der Waals surface area contributed by atoms with Crippen LogP contribution in [-0.2, 0) is 13.5 Å². The highest BCUT2D eigenvalue weighted by atomic mass is 14.9. The van der Waals surface area contributed by atoms with Gasteiger partial charge in [-0.3, -0.25) is 0 Å². The summed E-state index contributed by atoms with van der Waals surface area (Å²) in [5.41, 5.74) is 1.14. The van der Waals surface area contributed by atoms with Crippen LogP contribution in [0.1, 0.15) is 12.6 Å². The van der Waals surface area contributed by atoms with Crippen molar-refractivity contribution < 1.29 is 4.57 Å². The molecule has 2 nitrogen and oxygen atoms in total. The van der Waals surface area contributed by atoms with Crippen LogP contribution in [0.2, 0.25) is 0 Å². The van der Waals surface area contributed by atoms with Crippen molar-refractivity contribution in [2.75, 3.05) is 0 Å². The molecule has 0 bridgehead atoms. The molecule has 2 heteroatoms. The number of nitrogens with zero attached hydrogens (tertiary/aromatic N) is 2. The summed E-state index contributed by atoms with van der Waals surface area (Å²) in [6.07, 6.45) is 6.78. The van der Waals surface area contributed by atoms with E-state index in [2.05, 4.69) is 11.9 Å². The van der Waals surface area contributed by atoms with E-state index in [0.717, 1.165) is 12.1 Å². The van der Waals surface area contributed by atoms with Gasteiger partial charge in [-0.25, -0.2) is 9.55 Å². The van der Waals surface area contributed by atoms with E-state index < -0.39 is 0 Å². The van der Waals surface area contributed by atoms with Crippen molar-refractivity contribution in [3.63, 3.8) is 0 Å². The minimum Gasteiger partial charge on any atom is -0.249 e. The maximum atomic E-state index is 4.14. The van der Waals surface area contributed by atoms with Gasteiger partial charge in [0.05, 0.1) is 6.20 Å². The normalized spacial score (nSPS) is 9.56. The van der Waals surface area contributed by atoms with Crippen LogP contribution >= 0.6 is 0 Å². The van der Waals surface area contributed by atoms with Crippen molar-refractivity contribution in [3.05, 3.63) is 24.3 Å². The predicted molar refractivity (Wildman–Crippen MR) is 34.8 cm³/mol. The first kappa shape index (κ1) is 6.20. The molecule has 0 aromatic carbocycles. The highest BCUT2D eigenvalue weighted by Gasteiger charge is 1.93. The summed E-state index contributed by atoms with van der Waals surface area (Å²) in [6, 6.07) is 0. The van der Waals surface area contributed by atoms with Gasteiger partial charge in [0.15, 0.2) is 12.4 Å². The maximum Gasteiger partial charge on any atom is 0.190 e. The molecule has 48 valence electrons. The molecule has 0 aliphatic rings. The smallest absolute Gasteiger partial charge is 0.190 e. The first-order valence-corrected chi connectivity index (χ1v) is 3.13. The third-order valence-corrected chi connectivity index (χ3v) is 1.26. The highest BCUT2D eigenvalue weighted by Crippen LogP contribution is 1.86. The van der Waals surface area contributed by atoms with Crippen molar-refractivity contribution in [3.8, 4) is 0 Å². The second-order valence-electron chi connectivity index (χ2n) is 2.07. The van der Waals surface area contributed by atoms with Crippen LogP contribution in [0.25, 0.3) is 0 Å². The van der Waals surface area contributed by atoms with Crippen LogP contribution in [0.3, 0.4) is 0 Å². The Kier molecular flexibility index (Phi) is 1.78. The zero-order valence-corrected chi connectivity index (χ0v) is 5.83. The largest absolute Gasteiger partial charge is 0.249 e. The number of hydrogen-bond donors (Lipinski definition) is 0. The Morgan fingerprint density at radius 3 is 2.89 bits per heavy atom. The summed E-state index contributed by atoms with van der Waals surface area (Å²) in [4.78, 5) is 4.14. The van der Waals surface area contributed by atoms with Crippen molar-refractivity contribution in [2.45, 2.75) is 13.3 Å². The molecule has 0 unspecified atom stereocenters. The van der Waals surface area contributed by atoms with Gasteiger partial charge in [-0.1, -0.05) is 6.92 Å². The predicted octanol–water partition coefficient (Wildman–Crippen LogP) is 0.469. The van der Waals surface area contributed by atoms with E-state index in [1.54, 1.807) is 0 Å². The molecule has 0 amide bonds. The zero-order valence-electron chi connectivity index (χ0n) is 5.83. The monoisotopic (exact) mass is 123 g/mol. The van der Waals surface area contributed by atoms with Gasteiger partial charge >= 0.3 is 0 Å². The fraction of sp³-hybridized carbons (Fsp3) is 0.429. The molecule has 0 aliphatic carbocycles. The second kappa shape index (κ2) is 2.58. The molecule has 0 saturated heterocycles. The second-order valence-corrected chi connectivity index (χ2v) is 2.07. The van der Waals surface area contributed by atoms with Gasteiger partial charge in [0, 0.05) is 0 Å². The average Bonchev–Trinajstić information content (AvgIpc) is 1.88. The van der Waals surface area contributed by atoms with E-state index in [1.165, 1.54) is 0 Å². The van der Waals surface area contributed by atoms with Crippen LogP contribution in [0.15, 0.2) is 18.6 Å². The van der Waals surface area contributed by atoms with Crippen molar-refractivity contribution in [1.82, 2.24) is 4.98 Å². The van der Waals surface area contributed by atoms with E-state index in [1.807, 2.05) is 30.2 Å². The van der Waals surface area contributed by atoms with Crippen LogP contribution in [0.5, 0.6) is 0 Å². The van der Waals surface area contributed by atoms with Crippen LogP contribution in [-0.4, -0.2) is 4.98 Å². The van der Waals surface area contributed by atoms with Gasteiger partial charge in [0.25, 0.3) is 0 Å².